The number of H-pyrrole nitrogens is 1. The predicted molar refractivity (Wildman–Crippen MR) is 83.1 cm³/mol. The third-order valence-corrected chi connectivity index (χ3v) is 3.55. The minimum absolute atomic E-state index is 0.232. The first-order valence-electron chi connectivity index (χ1n) is 6.44. The van der Waals surface area contributed by atoms with E-state index in [0.29, 0.717) is 11.8 Å². The second-order valence-corrected chi connectivity index (χ2v) is 5.29. The normalized spacial score (nSPS) is 10.3. The highest BCUT2D eigenvalue weighted by molar-refractivity contribution is 7.99. The van der Waals surface area contributed by atoms with Crippen LogP contribution in [0.25, 0.3) is 0 Å². The Bertz CT molecular complexity index is 628. The Labute approximate surface area is 126 Å². The van der Waals surface area contributed by atoms with Crippen molar-refractivity contribution in [3.63, 3.8) is 0 Å². The van der Waals surface area contributed by atoms with Crippen molar-refractivity contribution < 1.29 is 9.47 Å². The van der Waals surface area contributed by atoms with E-state index in [2.05, 4.69) is 9.97 Å². The van der Waals surface area contributed by atoms with Gasteiger partial charge in [-0.2, -0.15) is 0 Å². The van der Waals surface area contributed by atoms with E-state index in [-0.39, 0.29) is 11.4 Å². The summed E-state index contributed by atoms with van der Waals surface area (Å²) >= 11 is 1.44. The molecule has 0 amide bonds. The van der Waals surface area contributed by atoms with Crippen molar-refractivity contribution in [3.05, 3.63) is 40.7 Å². The van der Waals surface area contributed by atoms with Gasteiger partial charge in [0.25, 0.3) is 5.56 Å². The number of methoxy groups -OCH3 is 1. The summed E-state index contributed by atoms with van der Waals surface area (Å²) in [7, 11) is 1.63. The Morgan fingerprint density at radius 3 is 2.67 bits per heavy atom. The van der Waals surface area contributed by atoms with E-state index < -0.39 is 0 Å². The van der Waals surface area contributed by atoms with Crippen molar-refractivity contribution in [1.82, 2.24) is 9.97 Å². The standard InChI is InChI=1S/C14H17N3O3S/c1-19-10-3-5-11(6-4-10)20-7-2-8-21-14-16-12(15)9-13(18)17-14/h3-6,9H,2,7-8H2,1H3,(H3,15,16,17,18). The molecule has 0 aliphatic heterocycles. The monoisotopic (exact) mass is 307 g/mol. The highest BCUT2D eigenvalue weighted by atomic mass is 32.2. The van der Waals surface area contributed by atoms with E-state index in [0.717, 1.165) is 23.7 Å². The van der Waals surface area contributed by atoms with Gasteiger partial charge in [-0.15, -0.1) is 0 Å². The summed E-state index contributed by atoms with van der Waals surface area (Å²) in [5.74, 6) is 2.62. The van der Waals surface area contributed by atoms with Crippen LogP contribution in [0.4, 0.5) is 5.82 Å². The minimum atomic E-state index is -0.237. The summed E-state index contributed by atoms with van der Waals surface area (Å²) < 4.78 is 10.7. The van der Waals surface area contributed by atoms with E-state index >= 15 is 0 Å². The molecule has 3 N–H and O–H groups in total. The van der Waals surface area contributed by atoms with Crippen molar-refractivity contribution in [3.8, 4) is 11.5 Å². The molecule has 6 nitrogen and oxygen atoms in total. The zero-order valence-electron chi connectivity index (χ0n) is 11.7. The van der Waals surface area contributed by atoms with Gasteiger partial charge in [0, 0.05) is 11.8 Å². The Kier molecular flexibility index (Phi) is 5.51. The number of thioether (sulfide) groups is 1. The summed E-state index contributed by atoms with van der Waals surface area (Å²) in [6.07, 6.45) is 0.829. The van der Waals surface area contributed by atoms with Crippen molar-refractivity contribution in [2.24, 2.45) is 0 Å². The van der Waals surface area contributed by atoms with Gasteiger partial charge >= 0.3 is 0 Å². The Hall–Kier alpha value is -2.15. The number of anilines is 1. The SMILES string of the molecule is COc1ccc(OCCCSc2nc(N)cc(=O)[nH]2)cc1. The molecular weight excluding hydrogens is 290 g/mol. The molecule has 0 spiro atoms. The van der Waals surface area contributed by atoms with Crippen LogP contribution in [0.2, 0.25) is 0 Å². The average Bonchev–Trinajstić information content (AvgIpc) is 2.46. The first kappa shape index (κ1) is 15.2. The van der Waals surface area contributed by atoms with Gasteiger partial charge in [-0.05, 0) is 30.7 Å². The maximum atomic E-state index is 11.2. The lowest BCUT2D eigenvalue weighted by molar-refractivity contribution is 0.318. The van der Waals surface area contributed by atoms with Crippen LogP contribution in [-0.4, -0.2) is 29.4 Å². The molecule has 1 aromatic carbocycles. The fourth-order valence-corrected chi connectivity index (χ4v) is 2.41. The number of aromatic amines is 1. The molecule has 0 atom stereocenters. The molecule has 0 saturated heterocycles. The number of nitrogen functional groups attached to an aromatic ring is 1. The highest BCUT2D eigenvalue weighted by Crippen LogP contribution is 2.18. The number of benzene rings is 1. The van der Waals surface area contributed by atoms with Crippen LogP contribution in [0, 0.1) is 0 Å². The summed E-state index contributed by atoms with van der Waals surface area (Å²) in [4.78, 5) is 17.9. The average molecular weight is 307 g/mol. The van der Waals surface area contributed by atoms with Crippen LogP contribution < -0.4 is 20.8 Å². The number of nitrogens with zero attached hydrogens (tertiary/aromatic N) is 1. The predicted octanol–water partition coefficient (Wildman–Crippen LogP) is 1.92. The number of ether oxygens (including phenoxy) is 2. The molecular formula is C14H17N3O3S. The number of nitrogens with one attached hydrogen (secondary N) is 1. The third kappa shape index (κ3) is 5.03. The molecule has 21 heavy (non-hydrogen) atoms. The first-order chi connectivity index (χ1) is 10.2. The number of hydrogen-bond acceptors (Lipinski definition) is 6. The second kappa shape index (κ2) is 7.58. The van der Waals surface area contributed by atoms with Crippen LogP contribution in [-0.2, 0) is 0 Å². The number of rotatable bonds is 7. The molecule has 0 aliphatic carbocycles. The van der Waals surface area contributed by atoms with Crippen LogP contribution in [0.5, 0.6) is 11.5 Å². The van der Waals surface area contributed by atoms with E-state index in [1.807, 2.05) is 24.3 Å². The van der Waals surface area contributed by atoms with Gasteiger partial charge in [0.1, 0.15) is 17.3 Å². The van der Waals surface area contributed by atoms with Gasteiger partial charge < -0.3 is 20.2 Å². The summed E-state index contributed by atoms with van der Waals surface area (Å²) in [5.41, 5.74) is 5.27. The largest absolute Gasteiger partial charge is 0.497 e. The molecule has 2 rings (SSSR count). The van der Waals surface area contributed by atoms with Gasteiger partial charge in [0.15, 0.2) is 5.16 Å². The lowest BCUT2D eigenvalue weighted by Gasteiger charge is -2.06. The zero-order valence-corrected chi connectivity index (χ0v) is 12.5. The highest BCUT2D eigenvalue weighted by Gasteiger charge is 2.00. The molecule has 0 fully saturated rings. The molecule has 1 aromatic heterocycles. The maximum absolute atomic E-state index is 11.2. The minimum Gasteiger partial charge on any atom is -0.497 e. The van der Waals surface area contributed by atoms with Crippen molar-refractivity contribution in [1.29, 1.82) is 0 Å². The van der Waals surface area contributed by atoms with Crippen LogP contribution >= 0.6 is 11.8 Å². The van der Waals surface area contributed by atoms with Crippen LogP contribution in [0.3, 0.4) is 0 Å². The van der Waals surface area contributed by atoms with Gasteiger partial charge in [-0.3, -0.25) is 4.79 Å². The molecule has 0 saturated carbocycles. The van der Waals surface area contributed by atoms with Gasteiger partial charge in [0.05, 0.1) is 13.7 Å². The number of nitrogens with two attached hydrogens (primary N) is 1. The van der Waals surface area contributed by atoms with Gasteiger partial charge in [-0.25, -0.2) is 4.98 Å². The van der Waals surface area contributed by atoms with E-state index in [1.54, 1.807) is 7.11 Å². The molecule has 7 heteroatoms. The van der Waals surface area contributed by atoms with Crippen molar-refractivity contribution in [2.75, 3.05) is 25.2 Å². The third-order valence-electron chi connectivity index (χ3n) is 2.60. The fraction of sp³-hybridized carbons (Fsp3) is 0.286. The Balaban J connectivity index is 1.70. The number of aromatic nitrogens is 2. The smallest absolute Gasteiger partial charge is 0.253 e. The second-order valence-electron chi connectivity index (χ2n) is 4.20. The van der Waals surface area contributed by atoms with E-state index in [4.69, 9.17) is 15.2 Å². The van der Waals surface area contributed by atoms with Crippen LogP contribution in [0.1, 0.15) is 6.42 Å². The number of hydrogen-bond donors (Lipinski definition) is 2. The summed E-state index contributed by atoms with van der Waals surface area (Å²) in [6, 6.07) is 8.69. The molecule has 0 aliphatic rings. The summed E-state index contributed by atoms with van der Waals surface area (Å²) in [5, 5.41) is 0.532. The summed E-state index contributed by atoms with van der Waals surface area (Å²) in [6.45, 7) is 0.589. The van der Waals surface area contributed by atoms with Crippen molar-refractivity contribution in [2.45, 2.75) is 11.6 Å². The molecule has 1 heterocycles. The topological polar surface area (TPSA) is 90.2 Å². The molecule has 0 radical (unpaired) electrons. The van der Waals surface area contributed by atoms with Crippen LogP contribution in [0.15, 0.2) is 40.3 Å². The molecule has 0 unspecified atom stereocenters. The molecule has 2 aromatic rings. The fourth-order valence-electron chi connectivity index (χ4n) is 1.61. The Morgan fingerprint density at radius 2 is 2.00 bits per heavy atom. The molecule has 112 valence electrons. The lowest BCUT2D eigenvalue weighted by atomic mass is 10.3. The van der Waals surface area contributed by atoms with Gasteiger partial charge in [0.2, 0.25) is 0 Å². The zero-order chi connectivity index (χ0) is 15.1. The van der Waals surface area contributed by atoms with E-state index in [1.165, 1.54) is 17.8 Å². The lowest BCUT2D eigenvalue weighted by Crippen LogP contribution is -2.09. The maximum Gasteiger partial charge on any atom is 0.253 e. The van der Waals surface area contributed by atoms with E-state index in [9.17, 15) is 4.79 Å². The van der Waals surface area contributed by atoms with Crippen molar-refractivity contribution >= 4 is 17.6 Å². The molecule has 0 bridgehead atoms. The first-order valence-corrected chi connectivity index (χ1v) is 7.42. The quantitative estimate of drug-likeness (QED) is 0.461. The Morgan fingerprint density at radius 1 is 1.29 bits per heavy atom. The van der Waals surface area contributed by atoms with Gasteiger partial charge in [-0.1, -0.05) is 11.8 Å².